The largest absolute Gasteiger partial charge is 0.375 e. The van der Waals surface area contributed by atoms with Crippen molar-refractivity contribution in [1.82, 2.24) is 4.98 Å². The molecule has 0 aliphatic heterocycles. The molecule has 1 heterocycles. The topological polar surface area (TPSA) is 111 Å². The van der Waals surface area contributed by atoms with Crippen molar-refractivity contribution in [2.24, 2.45) is 5.73 Å². The molecule has 0 unspecified atom stereocenters. The Kier molecular flexibility index (Phi) is 5.18. The second-order valence-electron chi connectivity index (χ2n) is 4.15. The van der Waals surface area contributed by atoms with Crippen LogP contribution in [0.4, 0.5) is 10.8 Å². The third-order valence-electron chi connectivity index (χ3n) is 2.44. The maximum Gasteiger partial charge on any atom is 0.230 e. The lowest BCUT2D eigenvalue weighted by molar-refractivity contribution is -0.116. The summed E-state index contributed by atoms with van der Waals surface area (Å²) in [4.78, 5) is 27.7. The molecule has 0 saturated carbocycles. The van der Waals surface area contributed by atoms with Crippen molar-refractivity contribution in [3.05, 3.63) is 35.3 Å². The number of nitrogens with zero attached hydrogens (tertiary/aromatic N) is 1. The summed E-state index contributed by atoms with van der Waals surface area (Å²) in [6.45, 7) is 0. The smallest absolute Gasteiger partial charge is 0.230 e. The lowest BCUT2D eigenvalue weighted by atomic mass is 10.3. The van der Waals surface area contributed by atoms with Gasteiger partial charge in [-0.25, -0.2) is 4.98 Å². The van der Waals surface area contributed by atoms with E-state index in [0.29, 0.717) is 16.5 Å². The van der Waals surface area contributed by atoms with E-state index in [9.17, 15) is 9.59 Å². The Hall–Kier alpha value is -2.06. The van der Waals surface area contributed by atoms with Crippen molar-refractivity contribution < 1.29 is 9.59 Å². The van der Waals surface area contributed by atoms with E-state index in [1.54, 1.807) is 11.4 Å². The Morgan fingerprint density at radius 3 is 2.76 bits per heavy atom. The number of carbonyl (C=O) groups excluding carboxylic acids is 2. The van der Waals surface area contributed by atoms with Crippen LogP contribution in [0.3, 0.4) is 0 Å². The lowest BCUT2D eigenvalue weighted by Gasteiger charge is -2.09. The maximum absolute atomic E-state index is 12.0. The summed E-state index contributed by atoms with van der Waals surface area (Å²) < 4.78 is 0. The summed E-state index contributed by atoms with van der Waals surface area (Å²) in [5.74, 6) is -0.429. The van der Waals surface area contributed by atoms with Gasteiger partial charge in [-0.05, 0) is 12.1 Å². The average Bonchev–Trinajstić information content (AvgIpc) is 2.83. The van der Waals surface area contributed by atoms with E-state index < -0.39 is 5.91 Å². The van der Waals surface area contributed by atoms with Gasteiger partial charge < -0.3 is 16.8 Å². The number of amides is 2. The minimum absolute atomic E-state index is 0.155. The van der Waals surface area contributed by atoms with Crippen molar-refractivity contribution in [2.45, 2.75) is 11.3 Å². The molecule has 5 N–H and O–H groups in total. The Bertz CT molecular complexity index is 657. The Balaban J connectivity index is 2.01. The zero-order valence-electron chi connectivity index (χ0n) is 11.0. The summed E-state index contributed by atoms with van der Waals surface area (Å²) >= 11 is 2.58. The summed E-state index contributed by atoms with van der Waals surface area (Å²) in [5.41, 5.74) is 11.9. The number of nitrogens with two attached hydrogens (primary N) is 2. The number of nitrogens with one attached hydrogen (secondary N) is 1. The third-order valence-corrected chi connectivity index (χ3v) is 4.26. The van der Waals surface area contributed by atoms with E-state index in [4.69, 9.17) is 11.5 Å². The standard InChI is InChI=1S/C13H14N4O2S2/c14-11(18)7-20-10-4-2-1-3-9(10)17-12(19)5-8-6-21-13(15)16-8/h1-4,6H,5,7H2,(H2,14,18)(H2,15,16)(H,17,19). The molecule has 8 heteroatoms. The van der Waals surface area contributed by atoms with Crippen molar-refractivity contribution in [1.29, 1.82) is 0 Å². The first-order valence-electron chi connectivity index (χ1n) is 6.04. The number of thiazole rings is 1. The molecule has 0 fully saturated rings. The highest BCUT2D eigenvalue weighted by atomic mass is 32.2. The van der Waals surface area contributed by atoms with Gasteiger partial charge in [0.15, 0.2) is 5.13 Å². The summed E-state index contributed by atoms with van der Waals surface area (Å²) in [6, 6.07) is 7.24. The number of nitrogen functional groups attached to an aromatic ring is 1. The second kappa shape index (κ2) is 7.09. The van der Waals surface area contributed by atoms with Crippen LogP contribution in [0.25, 0.3) is 0 Å². The highest BCUT2D eigenvalue weighted by molar-refractivity contribution is 8.00. The monoisotopic (exact) mass is 322 g/mol. The van der Waals surface area contributed by atoms with Gasteiger partial charge in [-0.3, -0.25) is 9.59 Å². The van der Waals surface area contributed by atoms with Gasteiger partial charge >= 0.3 is 0 Å². The Morgan fingerprint density at radius 1 is 1.33 bits per heavy atom. The van der Waals surface area contributed by atoms with E-state index in [1.807, 2.05) is 18.2 Å². The zero-order chi connectivity index (χ0) is 15.2. The second-order valence-corrected chi connectivity index (χ2v) is 6.06. The predicted octanol–water partition coefficient (Wildman–Crippen LogP) is 1.48. The summed E-state index contributed by atoms with van der Waals surface area (Å²) in [5, 5.41) is 5.00. The first kappa shape index (κ1) is 15.3. The van der Waals surface area contributed by atoms with Crippen LogP contribution in [-0.4, -0.2) is 22.6 Å². The number of primary amides is 1. The molecular formula is C13H14N4O2S2. The molecule has 2 rings (SSSR count). The number of thioether (sulfide) groups is 1. The molecule has 0 bridgehead atoms. The van der Waals surface area contributed by atoms with Crippen LogP contribution in [0.15, 0.2) is 34.5 Å². The zero-order valence-corrected chi connectivity index (χ0v) is 12.7. The summed E-state index contributed by atoms with van der Waals surface area (Å²) in [6.07, 6.45) is 0.155. The number of para-hydroxylation sites is 1. The molecule has 1 aromatic heterocycles. The molecular weight excluding hydrogens is 308 g/mol. The molecule has 0 saturated heterocycles. The quantitative estimate of drug-likeness (QED) is 0.698. The van der Waals surface area contributed by atoms with E-state index >= 15 is 0 Å². The van der Waals surface area contributed by atoms with Gasteiger partial charge in [0.1, 0.15) is 0 Å². The minimum atomic E-state index is -0.404. The van der Waals surface area contributed by atoms with E-state index in [0.717, 1.165) is 4.90 Å². The molecule has 0 aliphatic carbocycles. The number of carbonyl (C=O) groups is 2. The van der Waals surface area contributed by atoms with Crippen molar-refractivity contribution in [3.8, 4) is 0 Å². The van der Waals surface area contributed by atoms with Gasteiger partial charge in [0.2, 0.25) is 11.8 Å². The van der Waals surface area contributed by atoms with Gasteiger partial charge in [0, 0.05) is 10.3 Å². The molecule has 0 radical (unpaired) electrons. The third kappa shape index (κ3) is 4.76. The van der Waals surface area contributed by atoms with Gasteiger partial charge in [0.25, 0.3) is 0 Å². The minimum Gasteiger partial charge on any atom is -0.375 e. The molecule has 1 aromatic carbocycles. The van der Waals surface area contributed by atoms with Crippen LogP contribution in [0.2, 0.25) is 0 Å². The van der Waals surface area contributed by atoms with Crippen molar-refractivity contribution in [3.63, 3.8) is 0 Å². The van der Waals surface area contributed by atoms with Crippen molar-refractivity contribution in [2.75, 3.05) is 16.8 Å². The lowest BCUT2D eigenvalue weighted by Crippen LogP contribution is -2.16. The van der Waals surface area contributed by atoms with Gasteiger partial charge in [-0.1, -0.05) is 12.1 Å². The molecule has 2 aromatic rings. The fraction of sp³-hybridized carbons (Fsp3) is 0.154. The molecule has 0 aliphatic rings. The van der Waals surface area contributed by atoms with Crippen LogP contribution in [0.5, 0.6) is 0 Å². The number of aromatic nitrogens is 1. The number of hydrogen-bond donors (Lipinski definition) is 3. The van der Waals surface area contributed by atoms with E-state index in [2.05, 4.69) is 10.3 Å². The number of benzene rings is 1. The van der Waals surface area contributed by atoms with Gasteiger partial charge in [-0.15, -0.1) is 23.1 Å². The first-order valence-corrected chi connectivity index (χ1v) is 7.91. The first-order chi connectivity index (χ1) is 10.0. The molecule has 0 spiro atoms. The Labute approximate surface area is 129 Å². The molecule has 0 atom stereocenters. The number of hydrogen-bond acceptors (Lipinski definition) is 6. The Morgan fingerprint density at radius 2 is 2.10 bits per heavy atom. The number of anilines is 2. The average molecular weight is 322 g/mol. The van der Waals surface area contributed by atoms with E-state index in [-0.39, 0.29) is 18.1 Å². The van der Waals surface area contributed by atoms with Gasteiger partial charge in [0.05, 0.1) is 23.6 Å². The van der Waals surface area contributed by atoms with Crippen LogP contribution in [0, 0.1) is 0 Å². The predicted molar refractivity (Wildman–Crippen MR) is 85.2 cm³/mol. The van der Waals surface area contributed by atoms with Crippen LogP contribution < -0.4 is 16.8 Å². The molecule has 110 valence electrons. The molecule has 21 heavy (non-hydrogen) atoms. The normalized spacial score (nSPS) is 10.3. The van der Waals surface area contributed by atoms with Crippen molar-refractivity contribution >= 4 is 45.7 Å². The number of rotatable bonds is 6. The highest BCUT2D eigenvalue weighted by Crippen LogP contribution is 2.26. The van der Waals surface area contributed by atoms with Crippen LogP contribution in [0.1, 0.15) is 5.69 Å². The van der Waals surface area contributed by atoms with Crippen LogP contribution >= 0.6 is 23.1 Å². The molecule has 2 amide bonds. The van der Waals surface area contributed by atoms with Crippen LogP contribution in [-0.2, 0) is 16.0 Å². The highest BCUT2D eigenvalue weighted by Gasteiger charge is 2.10. The van der Waals surface area contributed by atoms with E-state index in [1.165, 1.54) is 23.1 Å². The fourth-order valence-electron chi connectivity index (χ4n) is 1.61. The fourth-order valence-corrected chi connectivity index (χ4v) is 2.92. The molecule has 6 nitrogen and oxygen atoms in total. The summed E-state index contributed by atoms with van der Waals surface area (Å²) in [7, 11) is 0. The maximum atomic E-state index is 12.0. The van der Waals surface area contributed by atoms with Gasteiger partial charge in [-0.2, -0.15) is 0 Å². The SMILES string of the molecule is NC(=O)CSc1ccccc1NC(=O)Cc1csc(N)n1.